The zero-order chi connectivity index (χ0) is 20.5. The Balaban J connectivity index is 1.93. The maximum absolute atomic E-state index is 12.8. The first-order valence-corrected chi connectivity index (χ1v) is 10.3. The predicted molar refractivity (Wildman–Crippen MR) is 103 cm³/mol. The highest BCUT2D eigenvalue weighted by Gasteiger charge is 2.31. The van der Waals surface area contributed by atoms with Crippen LogP contribution >= 0.6 is 0 Å². The number of rotatable bonds is 5. The summed E-state index contributed by atoms with van der Waals surface area (Å²) in [5.41, 5.74) is 1.49. The molecule has 0 aliphatic carbocycles. The van der Waals surface area contributed by atoms with Crippen LogP contribution in [0.1, 0.15) is 36.7 Å². The van der Waals surface area contributed by atoms with Gasteiger partial charge in [0.1, 0.15) is 10.5 Å². The monoisotopic (exact) mass is 403 g/mol. The summed E-state index contributed by atoms with van der Waals surface area (Å²) in [6, 6.07) is 10.5. The predicted octanol–water partition coefficient (Wildman–Crippen LogP) is 2.93. The van der Waals surface area contributed by atoms with Crippen LogP contribution in [0.5, 0.6) is 5.75 Å². The normalized spacial score (nSPS) is 15.8. The van der Waals surface area contributed by atoms with Crippen LogP contribution in [0.15, 0.2) is 47.4 Å². The second kappa shape index (κ2) is 7.63. The number of esters is 1. The smallest absolute Gasteiger partial charge is 0.341 e. The Morgan fingerprint density at radius 1 is 1.18 bits per heavy atom. The number of fused-ring (bicyclic) bond motifs is 1. The number of amides is 1. The van der Waals surface area contributed by atoms with Crippen molar-refractivity contribution in [2.24, 2.45) is 0 Å². The van der Waals surface area contributed by atoms with Gasteiger partial charge in [-0.05, 0) is 56.2 Å². The molecule has 0 unspecified atom stereocenters. The highest BCUT2D eigenvalue weighted by atomic mass is 32.2. The molecule has 1 aliphatic heterocycles. The average Bonchev–Trinajstić information content (AvgIpc) is 2.97. The van der Waals surface area contributed by atoms with Gasteiger partial charge >= 0.3 is 16.1 Å². The minimum absolute atomic E-state index is 0.0328. The molecule has 3 rings (SSSR count). The average molecular weight is 403 g/mol. The Bertz CT molecular complexity index is 1030. The van der Waals surface area contributed by atoms with Crippen LogP contribution < -0.4 is 9.08 Å². The van der Waals surface area contributed by atoms with Gasteiger partial charge in [0, 0.05) is 18.7 Å². The number of benzene rings is 2. The second-order valence-corrected chi connectivity index (χ2v) is 8.03. The molecule has 0 saturated heterocycles. The Kier molecular flexibility index (Phi) is 5.42. The van der Waals surface area contributed by atoms with E-state index in [4.69, 9.17) is 8.92 Å². The summed E-state index contributed by atoms with van der Waals surface area (Å²) in [6.45, 7) is 5.21. The zero-order valence-corrected chi connectivity index (χ0v) is 16.7. The highest BCUT2D eigenvalue weighted by molar-refractivity contribution is 7.87. The van der Waals surface area contributed by atoms with Crippen molar-refractivity contribution < 1.29 is 26.9 Å². The summed E-state index contributed by atoms with van der Waals surface area (Å²) >= 11 is 0. The van der Waals surface area contributed by atoms with Crippen LogP contribution in [0, 0.1) is 0 Å². The van der Waals surface area contributed by atoms with E-state index >= 15 is 0 Å². The van der Waals surface area contributed by atoms with Crippen LogP contribution in [-0.4, -0.2) is 32.9 Å². The third kappa shape index (κ3) is 3.73. The molecular formula is C20H21NO6S. The van der Waals surface area contributed by atoms with Crippen molar-refractivity contribution in [2.45, 2.75) is 38.1 Å². The van der Waals surface area contributed by atoms with E-state index in [0.717, 1.165) is 5.56 Å². The van der Waals surface area contributed by atoms with E-state index in [9.17, 15) is 18.0 Å². The lowest BCUT2D eigenvalue weighted by Gasteiger charge is -2.20. The molecule has 0 saturated carbocycles. The van der Waals surface area contributed by atoms with Gasteiger partial charge in [-0.3, -0.25) is 4.79 Å². The fourth-order valence-electron chi connectivity index (χ4n) is 3.33. The van der Waals surface area contributed by atoms with Gasteiger partial charge in [0.15, 0.2) is 5.75 Å². The molecule has 148 valence electrons. The largest absolute Gasteiger partial charge is 0.462 e. The molecular weight excluding hydrogens is 382 g/mol. The minimum atomic E-state index is -4.17. The third-order valence-electron chi connectivity index (χ3n) is 4.48. The lowest BCUT2D eigenvalue weighted by atomic mass is 10.1. The van der Waals surface area contributed by atoms with Crippen LogP contribution in [-0.2, 0) is 26.1 Å². The molecule has 28 heavy (non-hydrogen) atoms. The number of hydrogen-bond acceptors (Lipinski definition) is 6. The van der Waals surface area contributed by atoms with Crippen LogP contribution in [0.4, 0.5) is 5.69 Å². The number of carbonyl (C=O) groups excluding carboxylic acids is 2. The summed E-state index contributed by atoms with van der Waals surface area (Å²) < 4.78 is 35.7. The molecule has 1 heterocycles. The number of anilines is 1. The van der Waals surface area contributed by atoms with Gasteiger partial charge in [-0.2, -0.15) is 8.42 Å². The molecule has 2 aromatic rings. The van der Waals surface area contributed by atoms with Gasteiger partial charge in [0.2, 0.25) is 5.91 Å². The van der Waals surface area contributed by atoms with Crippen molar-refractivity contribution in [1.82, 2.24) is 0 Å². The van der Waals surface area contributed by atoms with E-state index < -0.39 is 16.1 Å². The third-order valence-corrected chi connectivity index (χ3v) is 5.71. The van der Waals surface area contributed by atoms with Crippen LogP contribution in [0.25, 0.3) is 0 Å². The molecule has 0 fully saturated rings. The molecule has 8 heteroatoms. The number of hydrogen-bond donors (Lipinski definition) is 0. The van der Waals surface area contributed by atoms with Crippen molar-refractivity contribution in [3.63, 3.8) is 0 Å². The van der Waals surface area contributed by atoms with Crippen molar-refractivity contribution in [3.8, 4) is 5.75 Å². The molecule has 1 amide bonds. The van der Waals surface area contributed by atoms with Gasteiger partial charge in [0.25, 0.3) is 0 Å². The summed E-state index contributed by atoms with van der Waals surface area (Å²) in [4.78, 5) is 25.5. The van der Waals surface area contributed by atoms with Gasteiger partial charge in [-0.1, -0.05) is 12.1 Å². The Hall–Kier alpha value is -2.87. The van der Waals surface area contributed by atoms with Crippen molar-refractivity contribution >= 4 is 27.7 Å². The maximum atomic E-state index is 12.8. The first kappa shape index (κ1) is 19.9. The molecule has 0 aromatic heterocycles. The van der Waals surface area contributed by atoms with E-state index in [1.165, 1.54) is 31.2 Å². The first-order chi connectivity index (χ1) is 13.2. The maximum Gasteiger partial charge on any atom is 0.341 e. The van der Waals surface area contributed by atoms with E-state index in [1.54, 1.807) is 30.0 Å². The summed E-state index contributed by atoms with van der Waals surface area (Å²) in [7, 11) is -4.17. The molecule has 0 bridgehead atoms. The zero-order valence-electron chi connectivity index (χ0n) is 15.8. The molecule has 0 N–H and O–H groups in total. The quantitative estimate of drug-likeness (QED) is 0.563. The van der Waals surface area contributed by atoms with E-state index in [1.807, 2.05) is 6.92 Å². The fourth-order valence-corrected chi connectivity index (χ4v) is 4.33. The SMILES string of the molecule is CCOC(=O)c1ccccc1OS(=O)(=O)c1ccc2c(c1)C[C@@H](C)N2C(C)=O. The number of nitrogens with zero attached hydrogens (tertiary/aromatic N) is 1. The second-order valence-electron chi connectivity index (χ2n) is 6.49. The highest BCUT2D eigenvalue weighted by Crippen LogP contribution is 2.34. The molecule has 7 nitrogen and oxygen atoms in total. The molecule has 0 radical (unpaired) electrons. The van der Waals surface area contributed by atoms with Crippen molar-refractivity contribution in [1.29, 1.82) is 0 Å². The van der Waals surface area contributed by atoms with Gasteiger partial charge in [0.05, 0.1) is 6.61 Å². The fraction of sp³-hybridized carbons (Fsp3) is 0.300. The lowest BCUT2D eigenvalue weighted by Crippen LogP contribution is -2.33. The van der Waals surface area contributed by atoms with E-state index in [-0.39, 0.29) is 34.8 Å². The Morgan fingerprint density at radius 3 is 2.57 bits per heavy atom. The lowest BCUT2D eigenvalue weighted by molar-refractivity contribution is -0.116. The topological polar surface area (TPSA) is 90.0 Å². The van der Waals surface area contributed by atoms with Crippen molar-refractivity contribution in [2.75, 3.05) is 11.5 Å². The Morgan fingerprint density at radius 2 is 1.89 bits per heavy atom. The van der Waals surface area contributed by atoms with Gasteiger partial charge in [-0.25, -0.2) is 4.79 Å². The summed E-state index contributed by atoms with van der Waals surface area (Å²) in [5, 5.41) is 0. The Labute approximate surface area is 164 Å². The summed E-state index contributed by atoms with van der Waals surface area (Å²) in [5.74, 6) is -0.852. The summed E-state index contributed by atoms with van der Waals surface area (Å²) in [6.07, 6.45) is 0.553. The van der Waals surface area contributed by atoms with Crippen molar-refractivity contribution in [3.05, 3.63) is 53.6 Å². The van der Waals surface area contributed by atoms with Crippen LogP contribution in [0.3, 0.4) is 0 Å². The van der Waals surface area contributed by atoms with Crippen LogP contribution in [0.2, 0.25) is 0 Å². The van der Waals surface area contributed by atoms with E-state index in [2.05, 4.69) is 0 Å². The van der Waals surface area contributed by atoms with Gasteiger partial charge < -0.3 is 13.8 Å². The number of para-hydroxylation sites is 1. The molecule has 2 aromatic carbocycles. The minimum Gasteiger partial charge on any atom is -0.462 e. The molecule has 1 aliphatic rings. The van der Waals surface area contributed by atoms with Gasteiger partial charge in [-0.15, -0.1) is 0 Å². The number of carbonyl (C=O) groups is 2. The molecule has 1 atom stereocenters. The first-order valence-electron chi connectivity index (χ1n) is 8.88. The van der Waals surface area contributed by atoms with E-state index in [0.29, 0.717) is 12.1 Å². The number of ether oxygens (including phenoxy) is 1. The molecule has 0 spiro atoms. The standard InChI is InChI=1S/C20H21NO6S/c1-4-26-20(23)17-7-5-6-8-19(17)27-28(24,25)16-9-10-18-15(12-16)11-13(2)21(18)14(3)22/h5-10,12-13H,4,11H2,1-3H3/t13-/m1/s1.